The second-order valence-corrected chi connectivity index (χ2v) is 7.76. The minimum Gasteiger partial charge on any atom is -0.481 e. The van der Waals surface area contributed by atoms with Crippen LogP contribution < -0.4 is 0 Å². The summed E-state index contributed by atoms with van der Waals surface area (Å²) in [6.45, 7) is -0.903. The Morgan fingerprint density at radius 3 is 2.58 bits per heavy atom. The Morgan fingerprint density at radius 1 is 1.19 bits per heavy atom. The average Bonchev–Trinajstić information content (AvgIpc) is 3.09. The Labute approximate surface area is 149 Å². The van der Waals surface area contributed by atoms with Crippen LogP contribution in [0.3, 0.4) is 0 Å². The number of carboxylic acid groups (broad SMARTS) is 1. The average molecular weight is 367 g/mol. The predicted octanol–water partition coefficient (Wildman–Crippen LogP) is 3.00. The van der Waals surface area contributed by atoms with Crippen molar-refractivity contribution in [2.45, 2.75) is 37.3 Å². The van der Waals surface area contributed by atoms with E-state index < -0.39 is 30.5 Å². The van der Waals surface area contributed by atoms with Gasteiger partial charge in [0.25, 0.3) is 0 Å². The van der Waals surface area contributed by atoms with Gasteiger partial charge in [0.1, 0.15) is 0 Å². The number of amides is 1. The van der Waals surface area contributed by atoms with Crippen LogP contribution in [-0.4, -0.2) is 41.1 Å². The van der Waals surface area contributed by atoms with Crippen molar-refractivity contribution in [3.63, 3.8) is 0 Å². The van der Waals surface area contributed by atoms with E-state index in [1.807, 2.05) is 24.3 Å². The first-order chi connectivity index (χ1) is 12.2. The largest absolute Gasteiger partial charge is 0.481 e. The van der Waals surface area contributed by atoms with E-state index in [2.05, 4.69) is 0 Å². The number of benzene rings is 1. The zero-order chi connectivity index (χ0) is 18.7. The molecule has 0 bridgehead atoms. The summed E-state index contributed by atoms with van der Waals surface area (Å²) in [5, 5.41) is 9.14. The molecule has 1 saturated carbocycles. The maximum absolute atomic E-state index is 13.2. The Kier molecular flexibility index (Phi) is 3.82. The molecule has 3 aliphatic rings. The van der Waals surface area contributed by atoms with Crippen LogP contribution in [0.25, 0.3) is 0 Å². The number of likely N-dealkylation sites (tertiary alicyclic amines) is 1. The van der Waals surface area contributed by atoms with Gasteiger partial charge in [-0.2, -0.15) is 13.2 Å². The quantitative estimate of drug-likeness (QED) is 0.874. The number of carbonyl (C=O) groups is 2. The second kappa shape index (κ2) is 5.72. The number of fused-ring (bicyclic) bond motifs is 2. The van der Waals surface area contributed by atoms with Crippen LogP contribution in [0.15, 0.2) is 24.3 Å². The number of hydrogen-bond acceptors (Lipinski definition) is 2. The zero-order valence-electron chi connectivity index (χ0n) is 14.1. The van der Waals surface area contributed by atoms with Crippen molar-refractivity contribution in [1.82, 2.24) is 4.90 Å². The number of carbonyl (C=O) groups excluding carboxylic acids is 1. The van der Waals surface area contributed by atoms with Crippen LogP contribution in [0.4, 0.5) is 13.2 Å². The SMILES string of the molecule is O=C(O)[C@@H]1CN(C(=O)C2CC23CCCc2ccccc23)C[C@H]1C(F)(F)F. The lowest BCUT2D eigenvalue weighted by Gasteiger charge is -2.27. The van der Waals surface area contributed by atoms with Gasteiger partial charge in [0.15, 0.2) is 0 Å². The fourth-order valence-corrected chi connectivity index (χ4v) is 4.94. The predicted molar refractivity (Wildman–Crippen MR) is 86.4 cm³/mol. The molecule has 1 spiro atoms. The first kappa shape index (κ1) is 17.4. The normalized spacial score (nSPS) is 33.2. The van der Waals surface area contributed by atoms with Crippen molar-refractivity contribution >= 4 is 11.9 Å². The molecule has 1 aliphatic heterocycles. The highest BCUT2D eigenvalue weighted by atomic mass is 19.4. The Hall–Kier alpha value is -2.05. The van der Waals surface area contributed by atoms with Crippen molar-refractivity contribution in [1.29, 1.82) is 0 Å². The van der Waals surface area contributed by atoms with Gasteiger partial charge in [0, 0.05) is 24.4 Å². The van der Waals surface area contributed by atoms with Crippen molar-refractivity contribution in [3.8, 4) is 0 Å². The first-order valence-corrected chi connectivity index (χ1v) is 8.91. The molecule has 26 heavy (non-hydrogen) atoms. The standard InChI is InChI=1S/C19H20F3NO3/c20-19(21,22)15-10-23(9-12(15)17(25)26)16(24)14-8-18(14)7-3-5-11-4-1-2-6-13(11)18/h1-2,4,6,12,14-15H,3,5,7-10H2,(H,25,26)/t12-,14?,15-,18?/m1/s1. The molecular formula is C19H20F3NO3. The lowest BCUT2D eigenvalue weighted by atomic mass is 9.78. The van der Waals surface area contributed by atoms with Crippen LogP contribution in [0.5, 0.6) is 0 Å². The molecule has 1 N–H and O–H groups in total. The van der Waals surface area contributed by atoms with Crippen LogP contribution in [0.2, 0.25) is 0 Å². The topological polar surface area (TPSA) is 57.6 Å². The van der Waals surface area contributed by atoms with Crippen molar-refractivity contribution in [2.24, 2.45) is 17.8 Å². The van der Waals surface area contributed by atoms with E-state index in [4.69, 9.17) is 5.11 Å². The van der Waals surface area contributed by atoms with Gasteiger partial charge >= 0.3 is 12.1 Å². The number of halogens is 3. The summed E-state index contributed by atoms with van der Waals surface area (Å²) in [5.41, 5.74) is 2.10. The van der Waals surface area contributed by atoms with E-state index in [1.54, 1.807) is 0 Å². The number of rotatable bonds is 2. The molecule has 0 radical (unpaired) electrons. The number of hydrogen-bond donors (Lipinski definition) is 1. The molecule has 4 nitrogen and oxygen atoms in total. The molecule has 1 amide bonds. The lowest BCUT2D eigenvalue weighted by Crippen LogP contribution is -2.35. The fraction of sp³-hybridized carbons (Fsp3) is 0.579. The molecule has 2 unspecified atom stereocenters. The summed E-state index contributed by atoms with van der Waals surface area (Å²) < 4.78 is 39.5. The van der Waals surface area contributed by atoms with Crippen molar-refractivity contribution in [2.75, 3.05) is 13.1 Å². The van der Waals surface area contributed by atoms with E-state index in [9.17, 15) is 22.8 Å². The van der Waals surface area contributed by atoms with E-state index in [0.29, 0.717) is 6.42 Å². The third kappa shape index (κ3) is 2.59. The number of carboxylic acids is 1. The van der Waals surface area contributed by atoms with Crippen LogP contribution in [0, 0.1) is 17.8 Å². The minimum absolute atomic E-state index is 0.263. The second-order valence-electron chi connectivity index (χ2n) is 7.76. The van der Waals surface area contributed by atoms with Crippen molar-refractivity contribution < 1.29 is 27.9 Å². The lowest BCUT2D eigenvalue weighted by molar-refractivity contribution is -0.188. The Bertz CT molecular complexity index is 763. The van der Waals surface area contributed by atoms with Gasteiger partial charge in [0.2, 0.25) is 5.91 Å². The smallest absolute Gasteiger partial charge is 0.394 e. The number of nitrogens with zero attached hydrogens (tertiary/aromatic N) is 1. The summed E-state index contributed by atoms with van der Waals surface area (Å²) in [5.74, 6) is -5.70. The molecule has 4 rings (SSSR count). The molecule has 0 aromatic heterocycles. The maximum Gasteiger partial charge on any atom is 0.394 e. The van der Waals surface area contributed by atoms with Gasteiger partial charge in [-0.25, -0.2) is 0 Å². The van der Waals surface area contributed by atoms with Gasteiger partial charge in [0.05, 0.1) is 11.8 Å². The van der Waals surface area contributed by atoms with E-state index in [0.717, 1.165) is 29.7 Å². The third-order valence-corrected chi connectivity index (χ3v) is 6.37. The van der Waals surface area contributed by atoms with E-state index >= 15 is 0 Å². The summed E-state index contributed by atoms with van der Waals surface area (Å²) in [7, 11) is 0. The highest BCUT2D eigenvalue weighted by molar-refractivity contribution is 5.86. The molecule has 1 heterocycles. The molecule has 1 saturated heterocycles. The summed E-state index contributed by atoms with van der Waals surface area (Å²) in [4.78, 5) is 25.3. The highest BCUT2D eigenvalue weighted by Gasteiger charge is 2.63. The fourth-order valence-electron chi connectivity index (χ4n) is 4.94. The zero-order valence-corrected chi connectivity index (χ0v) is 14.1. The van der Waals surface area contributed by atoms with Gasteiger partial charge in [-0.05, 0) is 36.8 Å². The molecule has 140 valence electrons. The molecule has 7 heteroatoms. The van der Waals surface area contributed by atoms with Crippen molar-refractivity contribution in [3.05, 3.63) is 35.4 Å². The van der Waals surface area contributed by atoms with Crippen LogP contribution in [0.1, 0.15) is 30.4 Å². The maximum atomic E-state index is 13.2. The van der Waals surface area contributed by atoms with Gasteiger partial charge in [-0.3, -0.25) is 9.59 Å². The van der Waals surface area contributed by atoms with Crippen LogP contribution in [-0.2, 0) is 21.4 Å². The Morgan fingerprint density at radius 2 is 1.92 bits per heavy atom. The summed E-state index contributed by atoms with van der Waals surface area (Å²) >= 11 is 0. The monoisotopic (exact) mass is 367 g/mol. The molecule has 4 atom stereocenters. The molecular weight excluding hydrogens is 347 g/mol. The molecule has 2 fully saturated rings. The molecule has 1 aromatic carbocycles. The third-order valence-electron chi connectivity index (χ3n) is 6.37. The van der Waals surface area contributed by atoms with Gasteiger partial charge in [-0.15, -0.1) is 0 Å². The van der Waals surface area contributed by atoms with E-state index in [-0.39, 0.29) is 23.8 Å². The van der Waals surface area contributed by atoms with E-state index in [1.165, 1.54) is 5.56 Å². The van der Waals surface area contributed by atoms with Gasteiger partial charge < -0.3 is 10.0 Å². The number of aryl methyl sites for hydroxylation is 1. The summed E-state index contributed by atoms with van der Waals surface area (Å²) in [6, 6.07) is 7.96. The van der Waals surface area contributed by atoms with Gasteiger partial charge in [-0.1, -0.05) is 24.3 Å². The molecule has 2 aliphatic carbocycles. The highest BCUT2D eigenvalue weighted by Crippen LogP contribution is 2.61. The van der Waals surface area contributed by atoms with Crippen LogP contribution >= 0.6 is 0 Å². The minimum atomic E-state index is -4.61. The Balaban J connectivity index is 1.55. The summed E-state index contributed by atoms with van der Waals surface area (Å²) in [6.07, 6.45) is -1.19. The first-order valence-electron chi connectivity index (χ1n) is 8.91. The number of alkyl halides is 3. The number of aliphatic carboxylic acids is 1. The molecule has 1 aromatic rings.